The molecule has 0 aliphatic carbocycles. The van der Waals surface area contributed by atoms with Crippen LogP contribution in [0.5, 0.6) is 5.75 Å². The van der Waals surface area contributed by atoms with Gasteiger partial charge < -0.3 is 4.74 Å². The number of nitrogens with zero attached hydrogens (tertiary/aromatic N) is 1. The van der Waals surface area contributed by atoms with Crippen molar-refractivity contribution >= 4 is 5.69 Å². The van der Waals surface area contributed by atoms with Crippen molar-refractivity contribution in [1.29, 1.82) is 0 Å². The molecule has 2 aromatic carbocycles. The van der Waals surface area contributed by atoms with Crippen molar-refractivity contribution in [3.63, 3.8) is 0 Å². The molecule has 0 spiro atoms. The molecular weight excluding hydrogens is 246 g/mol. The molecule has 2 aromatic rings. The molecular formula is C18H19NO. The van der Waals surface area contributed by atoms with Crippen LogP contribution in [-0.4, -0.2) is 6.61 Å². The van der Waals surface area contributed by atoms with Crippen molar-refractivity contribution in [2.24, 2.45) is 0 Å². The van der Waals surface area contributed by atoms with Crippen LogP contribution >= 0.6 is 0 Å². The van der Waals surface area contributed by atoms with Crippen LogP contribution < -0.4 is 4.74 Å². The van der Waals surface area contributed by atoms with Gasteiger partial charge in [0.15, 0.2) is 5.69 Å². The summed E-state index contributed by atoms with van der Waals surface area (Å²) < 4.78 is 5.70. The fourth-order valence-corrected chi connectivity index (χ4v) is 2.01. The molecule has 0 heterocycles. The molecule has 20 heavy (non-hydrogen) atoms. The maximum Gasteiger partial charge on any atom is 0.187 e. The number of unbranched alkanes of at least 4 members (excludes halogenated alkanes) is 2. The van der Waals surface area contributed by atoms with Crippen LogP contribution in [0.15, 0.2) is 48.5 Å². The van der Waals surface area contributed by atoms with Gasteiger partial charge in [-0.15, -0.1) is 0 Å². The lowest BCUT2D eigenvalue weighted by Crippen LogP contribution is -1.96. The Morgan fingerprint density at radius 3 is 2.05 bits per heavy atom. The quantitative estimate of drug-likeness (QED) is 0.498. The van der Waals surface area contributed by atoms with E-state index in [2.05, 4.69) is 23.9 Å². The van der Waals surface area contributed by atoms with E-state index in [1.807, 2.05) is 36.4 Å². The highest BCUT2D eigenvalue weighted by molar-refractivity contribution is 5.66. The zero-order chi connectivity index (χ0) is 14.2. The Kier molecular flexibility index (Phi) is 5.20. The monoisotopic (exact) mass is 265 g/mol. The Bertz CT molecular complexity index is 564. The molecule has 0 aliphatic rings. The molecule has 0 bridgehead atoms. The van der Waals surface area contributed by atoms with E-state index >= 15 is 0 Å². The zero-order valence-electron chi connectivity index (χ0n) is 11.8. The van der Waals surface area contributed by atoms with Crippen molar-refractivity contribution in [2.45, 2.75) is 26.2 Å². The summed E-state index contributed by atoms with van der Waals surface area (Å²) in [4.78, 5) is 3.40. The first-order valence-corrected chi connectivity index (χ1v) is 7.04. The molecule has 0 unspecified atom stereocenters. The van der Waals surface area contributed by atoms with Gasteiger partial charge in [0.1, 0.15) is 5.75 Å². The fourth-order valence-electron chi connectivity index (χ4n) is 2.01. The standard InChI is InChI=1S/C18H19NO/c1-3-4-5-14-20-18-12-8-16(9-13-18)15-6-10-17(19-2)11-7-15/h6-13H,3-5,14H2,1H3. The Hall–Kier alpha value is -2.27. The smallest absolute Gasteiger partial charge is 0.187 e. The summed E-state index contributed by atoms with van der Waals surface area (Å²) in [6, 6.07) is 15.8. The van der Waals surface area contributed by atoms with E-state index in [-0.39, 0.29) is 0 Å². The number of hydrogen-bond acceptors (Lipinski definition) is 1. The second-order valence-corrected chi connectivity index (χ2v) is 4.74. The molecule has 0 saturated heterocycles. The van der Waals surface area contributed by atoms with Gasteiger partial charge in [-0.25, -0.2) is 4.85 Å². The molecule has 0 aromatic heterocycles. The molecule has 0 atom stereocenters. The largest absolute Gasteiger partial charge is 0.494 e. The van der Waals surface area contributed by atoms with E-state index in [9.17, 15) is 0 Å². The van der Waals surface area contributed by atoms with Crippen LogP contribution in [0.3, 0.4) is 0 Å². The average Bonchev–Trinajstić information content (AvgIpc) is 2.52. The molecule has 102 valence electrons. The van der Waals surface area contributed by atoms with Gasteiger partial charge in [0.05, 0.1) is 13.2 Å². The first-order valence-electron chi connectivity index (χ1n) is 7.04. The SMILES string of the molecule is [C-]#[N+]c1ccc(-c2ccc(OCCCCC)cc2)cc1. The third-order valence-electron chi connectivity index (χ3n) is 3.20. The molecule has 2 nitrogen and oxygen atoms in total. The van der Waals surface area contributed by atoms with Gasteiger partial charge in [-0.3, -0.25) is 0 Å². The number of benzene rings is 2. The highest BCUT2D eigenvalue weighted by Gasteiger charge is 1.99. The minimum atomic E-state index is 0.671. The molecule has 0 fully saturated rings. The minimum absolute atomic E-state index is 0.671. The van der Waals surface area contributed by atoms with E-state index in [0.29, 0.717) is 5.69 Å². The van der Waals surface area contributed by atoms with Crippen molar-refractivity contribution < 1.29 is 4.74 Å². The summed E-state index contributed by atoms with van der Waals surface area (Å²) in [5.41, 5.74) is 2.93. The van der Waals surface area contributed by atoms with Crippen LogP contribution in [0.1, 0.15) is 26.2 Å². The van der Waals surface area contributed by atoms with Crippen LogP contribution in [0.2, 0.25) is 0 Å². The number of hydrogen-bond donors (Lipinski definition) is 0. The van der Waals surface area contributed by atoms with Crippen LogP contribution in [-0.2, 0) is 0 Å². The summed E-state index contributed by atoms with van der Waals surface area (Å²) >= 11 is 0. The lowest BCUT2D eigenvalue weighted by molar-refractivity contribution is 0.306. The van der Waals surface area contributed by atoms with E-state index in [0.717, 1.165) is 29.9 Å². The topological polar surface area (TPSA) is 13.6 Å². The fraction of sp³-hybridized carbons (Fsp3) is 0.278. The third-order valence-corrected chi connectivity index (χ3v) is 3.20. The van der Waals surface area contributed by atoms with E-state index < -0.39 is 0 Å². The molecule has 0 amide bonds. The van der Waals surface area contributed by atoms with Crippen LogP contribution in [0.4, 0.5) is 5.69 Å². The molecule has 0 N–H and O–H groups in total. The maximum absolute atomic E-state index is 6.95. The number of rotatable bonds is 6. The lowest BCUT2D eigenvalue weighted by Gasteiger charge is -2.07. The molecule has 0 aliphatic heterocycles. The Morgan fingerprint density at radius 1 is 0.900 bits per heavy atom. The highest BCUT2D eigenvalue weighted by Crippen LogP contribution is 2.24. The maximum atomic E-state index is 6.95. The van der Waals surface area contributed by atoms with Gasteiger partial charge >= 0.3 is 0 Å². The predicted molar refractivity (Wildman–Crippen MR) is 83.2 cm³/mol. The molecule has 2 rings (SSSR count). The minimum Gasteiger partial charge on any atom is -0.494 e. The van der Waals surface area contributed by atoms with Gasteiger partial charge in [0.2, 0.25) is 0 Å². The zero-order valence-corrected chi connectivity index (χ0v) is 11.8. The van der Waals surface area contributed by atoms with Crippen molar-refractivity contribution in [2.75, 3.05) is 6.61 Å². The van der Waals surface area contributed by atoms with Gasteiger partial charge in [-0.1, -0.05) is 56.2 Å². The number of ether oxygens (including phenoxy) is 1. The summed E-state index contributed by atoms with van der Waals surface area (Å²) in [7, 11) is 0. The van der Waals surface area contributed by atoms with Gasteiger partial charge in [0.25, 0.3) is 0 Å². The van der Waals surface area contributed by atoms with Gasteiger partial charge in [-0.2, -0.15) is 0 Å². The third kappa shape index (κ3) is 3.86. The van der Waals surface area contributed by atoms with Crippen LogP contribution in [0, 0.1) is 6.57 Å². The van der Waals surface area contributed by atoms with Crippen LogP contribution in [0.25, 0.3) is 16.0 Å². The van der Waals surface area contributed by atoms with E-state index in [4.69, 9.17) is 11.3 Å². The van der Waals surface area contributed by atoms with Crippen molar-refractivity contribution in [3.05, 3.63) is 59.9 Å². The van der Waals surface area contributed by atoms with Gasteiger partial charge in [-0.05, 0) is 29.7 Å². The summed E-state index contributed by atoms with van der Waals surface area (Å²) in [5, 5.41) is 0. The molecule has 0 radical (unpaired) electrons. The lowest BCUT2D eigenvalue weighted by atomic mass is 10.1. The predicted octanol–water partition coefficient (Wildman–Crippen LogP) is 5.47. The first kappa shape index (κ1) is 14.1. The molecule has 2 heteroatoms. The summed E-state index contributed by atoms with van der Waals surface area (Å²) in [6.45, 7) is 9.92. The van der Waals surface area contributed by atoms with Crippen molar-refractivity contribution in [1.82, 2.24) is 0 Å². The Labute approximate surface area is 120 Å². The van der Waals surface area contributed by atoms with Gasteiger partial charge in [0, 0.05) is 0 Å². The average molecular weight is 265 g/mol. The summed E-state index contributed by atoms with van der Waals surface area (Å²) in [6.07, 6.45) is 3.53. The normalized spacial score (nSPS) is 10.0. The van der Waals surface area contributed by atoms with E-state index in [1.54, 1.807) is 0 Å². The molecule has 0 saturated carbocycles. The highest BCUT2D eigenvalue weighted by atomic mass is 16.5. The van der Waals surface area contributed by atoms with Crippen molar-refractivity contribution in [3.8, 4) is 16.9 Å². The van der Waals surface area contributed by atoms with E-state index in [1.165, 1.54) is 12.8 Å². The summed E-state index contributed by atoms with van der Waals surface area (Å²) in [5.74, 6) is 0.919. The Balaban J connectivity index is 1.98. The first-order chi connectivity index (χ1) is 9.83. The second-order valence-electron chi connectivity index (χ2n) is 4.74. The Morgan fingerprint density at radius 2 is 1.50 bits per heavy atom. The second kappa shape index (κ2) is 7.35.